The highest BCUT2D eigenvalue weighted by atomic mass is 16.5. The third-order valence-corrected chi connectivity index (χ3v) is 2.50. The molecular formula is C10H18N2O. The third-order valence-electron chi connectivity index (χ3n) is 2.50. The minimum Gasteiger partial charge on any atom is -0.476 e. The van der Waals surface area contributed by atoms with Gasteiger partial charge < -0.3 is 9.64 Å². The summed E-state index contributed by atoms with van der Waals surface area (Å²) in [5, 5.41) is 0. The summed E-state index contributed by atoms with van der Waals surface area (Å²) in [6.45, 7) is 7.26. The quantitative estimate of drug-likeness (QED) is 0.488. The van der Waals surface area contributed by atoms with Crippen molar-refractivity contribution < 1.29 is 4.74 Å². The minimum atomic E-state index is 0.552. The van der Waals surface area contributed by atoms with Crippen LogP contribution in [0.2, 0.25) is 0 Å². The Labute approximate surface area is 80.1 Å². The van der Waals surface area contributed by atoms with Crippen LogP contribution >= 0.6 is 0 Å². The van der Waals surface area contributed by atoms with Crippen LogP contribution in [0.4, 0.5) is 0 Å². The molecule has 1 unspecified atom stereocenters. The zero-order chi connectivity index (χ0) is 9.68. The number of allylic oxidation sites excluding steroid dienone is 1. The molecule has 3 nitrogen and oxygen atoms in total. The fourth-order valence-electron chi connectivity index (χ4n) is 1.59. The summed E-state index contributed by atoms with van der Waals surface area (Å²) in [5.74, 6) is 0.639. The molecule has 3 heteroatoms. The van der Waals surface area contributed by atoms with Gasteiger partial charge in [-0.25, -0.2) is 4.99 Å². The van der Waals surface area contributed by atoms with Crippen molar-refractivity contribution in [2.45, 2.75) is 25.8 Å². The highest BCUT2D eigenvalue weighted by molar-refractivity contribution is 5.27. The maximum atomic E-state index is 5.49. The van der Waals surface area contributed by atoms with E-state index in [4.69, 9.17) is 4.74 Å². The molecule has 0 aliphatic carbocycles. The van der Waals surface area contributed by atoms with Crippen molar-refractivity contribution >= 4 is 6.72 Å². The van der Waals surface area contributed by atoms with Crippen molar-refractivity contribution in [3.05, 3.63) is 12.0 Å². The van der Waals surface area contributed by atoms with Crippen LogP contribution in [0, 0.1) is 0 Å². The highest BCUT2D eigenvalue weighted by Gasteiger charge is 2.21. The molecule has 1 fully saturated rings. The van der Waals surface area contributed by atoms with E-state index in [1.807, 2.05) is 13.0 Å². The van der Waals surface area contributed by atoms with Crippen molar-refractivity contribution in [3.63, 3.8) is 0 Å². The number of hydrogen-bond donors (Lipinski definition) is 0. The smallest absolute Gasteiger partial charge is 0.208 e. The standard InChI is InChI=1S/C10H18N2O/c1-4-10(11-2)13-8-9-6-5-7-12(9)3/h4,9H,2,5-8H2,1,3H3/b10-4+. The van der Waals surface area contributed by atoms with Gasteiger partial charge >= 0.3 is 0 Å². The number of likely N-dealkylation sites (tertiary alicyclic amines) is 1. The Morgan fingerprint density at radius 3 is 3.00 bits per heavy atom. The van der Waals surface area contributed by atoms with E-state index in [0.29, 0.717) is 11.9 Å². The van der Waals surface area contributed by atoms with Crippen molar-refractivity contribution in [2.75, 3.05) is 20.2 Å². The van der Waals surface area contributed by atoms with Gasteiger partial charge in [0.05, 0.1) is 0 Å². The molecule has 0 amide bonds. The van der Waals surface area contributed by atoms with Crippen molar-refractivity contribution in [1.29, 1.82) is 0 Å². The molecule has 1 atom stereocenters. The van der Waals surface area contributed by atoms with Gasteiger partial charge in [0.2, 0.25) is 5.88 Å². The lowest BCUT2D eigenvalue weighted by atomic mass is 10.2. The van der Waals surface area contributed by atoms with E-state index >= 15 is 0 Å². The molecule has 0 aromatic carbocycles. The molecule has 0 radical (unpaired) electrons. The largest absolute Gasteiger partial charge is 0.476 e. The molecule has 0 spiro atoms. The maximum absolute atomic E-state index is 5.49. The summed E-state index contributed by atoms with van der Waals surface area (Å²) >= 11 is 0. The van der Waals surface area contributed by atoms with Crippen molar-refractivity contribution in [3.8, 4) is 0 Å². The van der Waals surface area contributed by atoms with E-state index in [-0.39, 0.29) is 0 Å². The van der Waals surface area contributed by atoms with Gasteiger partial charge in [-0.3, -0.25) is 0 Å². The Hall–Kier alpha value is -0.830. The monoisotopic (exact) mass is 182 g/mol. The molecule has 0 saturated carbocycles. The normalized spacial score (nSPS) is 24.8. The Kier molecular flexibility index (Phi) is 3.96. The van der Waals surface area contributed by atoms with Crippen molar-refractivity contribution in [1.82, 2.24) is 4.90 Å². The van der Waals surface area contributed by atoms with Crippen LogP contribution in [0.3, 0.4) is 0 Å². The summed E-state index contributed by atoms with van der Waals surface area (Å²) in [4.78, 5) is 6.09. The van der Waals surface area contributed by atoms with Gasteiger partial charge in [-0.15, -0.1) is 0 Å². The zero-order valence-corrected chi connectivity index (χ0v) is 8.49. The van der Waals surface area contributed by atoms with Gasteiger partial charge in [0, 0.05) is 6.04 Å². The number of likely N-dealkylation sites (N-methyl/N-ethyl adjacent to an activating group) is 1. The molecule has 0 aromatic heterocycles. The minimum absolute atomic E-state index is 0.552. The molecule has 1 aliphatic rings. The summed E-state index contributed by atoms with van der Waals surface area (Å²) < 4.78 is 5.49. The first kappa shape index (κ1) is 10.3. The lowest BCUT2D eigenvalue weighted by Gasteiger charge is -2.19. The summed E-state index contributed by atoms with van der Waals surface area (Å²) in [5.41, 5.74) is 0. The Bertz CT molecular complexity index is 201. The predicted molar refractivity (Wildman–Crippen MR) is 54.9 cm³/mol. The molecule has 1 rings (SSSR count). The molecule has 74 valence electrons. The average Bonchev–Trinajstić information content (AvgIpc) is 2.54. The zero-order valence-electron chi connectivity index (χ0n) is 8.49. The SMILES string of the molecule is C=N/C(=C\C)OCC1CCCN1C. The van der Waals surface area contributed by atoms with E-state index in [2.05, 4.69) is 23.7 Å². The fraction of sp³-hybridized carbons (Fsp3) is 0.700. The van der Waals surface area contributed by atoms with E-state index in [1.54, 1.807) is 0 Å². The van der Waals surface area contributed by atoms with E-state index in [1.165, 1.54) is 19.4 Å². The second kappa shape index (κ2) is 5.02. The Balaban J connectivity index is 2.29. The topological polar surface area (TPSA) is 24.8 Å². The predicted octanol–water partition coefficient (Wildman–Crippen LogP) is 1.66. The Morgan fingerprint density at radius 2 is 2.54 bits per heavy atom. The number of ether oxygens (including phenoxy) is 1. The lowest BCUT2D eigenvalue weighted by molar-refractivity contribution is 0.138. The second-order valence-corrected chi connectivity index (χ2v) is 3.37. The highest BCUT2D eigenvalue weighted by Crippen LogP contribution is 2.15. The van der Waals surface area contributed by atoms with Crippen LogP contribution in [0.15, 0.2) is 17.0 Å². The van der Waals surface area contributed by atoms with Crippen LogP contribution in [0.1, 0.15) is 19.8 Å². The molecule has 1 heterocycles. The number of hydrogen-bond acceptors (Lipinski definition) is 3. The first-order valence-electron chi connectivity index (χ1n) is 4.74. The first-order valence-corrected chi connectivity index (χ1v) is 4.74. The maximum Gasteiger partial charge on any atom is 0.208 e. The number of aliphatic imine (C=N–C) groups is 1. The van der Waals surface area contributed by atoms with E-state index in [0.717, 1.165) is 6.61 Å². The van der Waals surface area contributed by atoms with Gasteiger partial charge in [0.25, 0.3) is 0 Å². The first-order chi connectivity index (χ1) is 6.27. The number of nitrogens with zero attached hydrogens (tertiary/aromatic N) is 2. The summed E-state index contributed by atoms with van der Waals surface area (Å²) in [6.07, 6.45) is 4.34. The average molecular weight is 182 g/mol. The molecule has 0 N–H and O–H groups in total. The summed E-state index contributed by atoms with van der Waals surface area (Å²) in [7, 11) is 2.14. The number of rotatable bonds is 4. The van der Waals surface area contributed by atoms with Gasteiger partial charge in [-0.05, 0) is 46.2 Å². The fourth-order valence-corrected chi connectivity index (χ4v) is 1.59. The third kappa shape index (κ3) is 2.84. The lowest BCUT2D eigenvalue weighted by Crippen LogP contribution is -2.29. The van der Waals surface area contributed by atoms with Crippen molar-refractivity contribution in [2.24, 2.45) is 4.99 Å². The van der Waals surface area contributed by atoms with Crippen LogP contribution in [-0.2, 0) is 4.74 Å². The molecule has 0 bridgehead atoms. The van der Waals surface area contributed by atoms with Gasteiger partial charge in [0.15, 0.2) is 0 Å². The van der Waals surface area contributed by atoms with Crippen LogP contribution in [0.5, 0.6) is 0 Å². The van der Waals surface area contributed by atoms with Crippen LogP contribution in [0.25, 0.3) is 0 Å². The summed E-state index contributed by atoms with van der Waals surface area (Å²) in [6, 6.07) is 0.552. The van der Waals surface area contributed by atoms with E-state index in [9.17, 15) is 0 Å². The molecular weight excluding hydrogens is 164 g/mol. The second-order valence-electron chi connectivity index (χ2n) is 3.37. The van der Waals surface area contributed by atoms with Gasteiger partial charge in [0.1, 0.15) is 6.61 Å². The molecule has 0 aromatic rings. The van der Waals surface area contributed by atoms with E-state index < -0.39 is 0 Å². The molecule has 1 saturated heterocycles. The molecule has 13 heavy (non-hydrogen) atoms. The molecule has 1 aliphatic heterocycles. The van der Waals surface area contributed by atoms with Crippen LogP contribution < -0.4 is 0 Å². The van der Waals surface area contributed by atoms with Crippen LogP contribution in [-0.4, -0.2) is 37.9 Å². The van der Waals surface area contributed by atoms with Gasteiger partial charge in [-0.1, -0.05) is 0 Å². The Morgan fingerprint density at radius 1 is 1.77 bits per heavy atom. The van der Waals surface area contributed by atoms with Gasteiger partial charge in [-0.2, -0.15) is 0 Å².